The van der Waals surface area contributed by atoms with Crippen LogP contribution in [-0.2, 0) is 4.79 Å². The van der Waals surface area contributed by atoms with E-state index >= 15 is 0 Å². The van der Waals surface area contributed by atoms with Crippen LogP contribution in [0.25, 0.3) is 10.9 Å². The molecule has 1 heterocycles. The Labute approximate surface area is 118 Å². The van der Waals surface area contributed by atoms with E-state index in [1.54, 1.807) is 0 Å². The first-order chi connectivity index (χ1) is 9.66. The van der Waals surface area contributed by atoms with E-state index in [-0.39, 0.29) is 11.9 Å². The number of rotatable bonds is 3. The summed E-state index contributed by atoms with van der Waals surface area (Å²) in [6, 6.07) is 8.37. The van der Waals surface area contributed by atoms with Crippen molar-refractivity contribution in [2.24, 2.45) is 5.73 Å². The molecular weight excluding hydrogens is 252 g/mol. The van der Waals surface area contributed by atoms with Gasteiger partial charge in [-0.15, -0.1) is 0 Å². The number of nitrogens with one attached hydrogen (secondary N) is 1. The van der Waals surface area contributed by atoms with E-state index in [9.17, 15) is 4.79 Å². The number of primary amides is 1. The molecule has 1 aromatic carbocycles. The molecule has 106 valence electrons. The van der Waals surface area contributed by atoms with Gasteiger partial charge in [-0.1, -0.05) is 18.2 Å². The van der Waals surface area contributed by atoms with Crippen LogP contribution in [-0.4, -0.2) is 28.3 Å². The lowest BCUT2D eigenvalue weighted by atomic mass is 9.78. The Kier molecular flexibility index (Phi) is 3.22. The van der Waals surface area contributed by atoms with E-state index < -0.39 is 5.54 Å². The molecule has 5 heteroatoms. The quantitative estimate of drug-likeness (QED) is 0.891. The summed E-state index contributed by atoms with van der Waals surface area (Å²) in [5, 5.41) is 8.79. The van der Waals surface area contributed by atoms with Gasteiger partial charge < -0.3 is 11.1 Å². The Morgan fingerprint density at radius 3 is 3.05 bits per heavy atom. The number of likely N-dealkylation sites (N-methyl/N-ethyl adjacent to an activating group) is 1. The number of carbonyl (C=O) groups excluding carboxylic acids is 1. The lowest BCUT2D eigenvalue weighted by molar-refractivity contribution is -0.126. The Balaban J connectivity index is 1.96. The van der Waals surface area contributed by atoms with Gasteiger partial charge in [0, 0.05) is 5.39 Å². The minimum atomic E-state index is -0.601. The SMILES string of the molecule is CNC1(C(N)=O)CCCC(n2ncc3ccccc32)C1. The maximum Gasteiger partial charge on any atom is 0.237 e. The van der Waals surface area contributed by atoms with Crippen molar-refractivity contribution in [1.82, 2.24) is 15.1 Å². The van der Waals surface area contributed by atoms with Gasteiger partial charge in [0.2, 0.25) is 5.91 Å². The van der Waals surface area contributed by atoms with E-state index in [0.29, 0.717) is 6.42 Å². The van der Waals surface area contributed by atoms with E-state index in [0.717, 1.165) is 30.2 Å². The molecule has 1 aromatic heterocycles. The molecule has 20 heavy (non-hydrogen) atoms. The first-order valence-corrected chi connectivity index (χ1v) is 7.07. The second-order valence-corrected chi connectivity index (χ2v) is 5.59. The number of para-hydroxylation sites is 1. The van der Waals surface area contributed by atoms with Crippen LogP contribution in [0.1, 0.15) is 31.7 Å². The fourth-order valence-corrected chi connectivity index (χ4v) is 3.31. The molecule has 5 nitrogen and oxygen atoms in total. The number of benzene rings is 1. The molecule has 0 spiro atoms. The van der Waals surface area contributed by atoms with E-state index in [4.69, 9.17) is 5.73 Å². The number of fused-ring (bicyclic) bond motifs is 1. The third-order valence-corrected chi connectivity index (χ3v) is 4.53. The predicted octanol–water partition coefficient (Wildman–Crippen LogP) is 1.59. The highest BCUT2D eigenvalue weighted by molar-refractivity contribution is 5.85. The standard InChI is InChI=1S/C15H20N4O/c1-17-15(14(16)20)8-4-6-12(9-15)19-13-7-3-2-5-11(13)10-18-19/h2-3,5,7,10,12,17H,4,6,8-9H2,1H3,(H2,16,20). The summed E-state index contributed by atoms with van der Waals surface area (Å²) in [6.07, 6.45) is 5.39. The van der Waals surface area contributed by atoms with Crippen LogP contribution in [0, 0.1) is 0 Å². The fourth-order valence-electron chi connectivity index (χ4n) is 3.31. The van der Waals surface area contributed by atoms with Crippen LogP contribution in [0.15, 0.2) is 30.5 Å². The first-order valence-electron chi connectivity index (χ1n) is 7.07. The third-order valence-electron chi connectivity index (χ3n) is 4.53. The number of carbonyl (C=O) groups is 1. The Hall–Kier alpha value is -1.88. The Bertz CT molecular complexity index is 636. The van der Waals surface area contributed by atoms with Crippen molar-refractivity contribution in [1.29, 1.82) is 0 Å². The fraction of sp³-hybridized carbons (Fsp3) is 0.467. The van der Waals surface area contributed by atoms with Gasteiger partial charge in [0.1, 0.15) is 0 Å². The van der Waals surface area contributed by atoms with Gasteiger partial charge in [0.25, 0.3) is 0 Å². The lowest BCUT2D eigenvalue weighted by Crippen LogP contribution is -2.56. The molecular formula is C15H20N4O. The topological polar surface area (TPSA) is 72.9 Å². The average molecular weight is 272 g/mol. The van der Waals surface area contributed by atoms with Gasteiger partial charge in [-0.05, 0) is 38.8 Å². The van der Waals surface area contributed by atoms with Gasteiger partial charge in [-0.25, -0.2) is 0 Å². The minimum absolute atomic E-state index is 0.212. The summed E-state index contributed by atoms with van der Waals surface area (Å²) >= 11 is 0. The van der Waals surface area contributed by atoms with Crippen molar-refractivity contribution in [3.63, 3.8) is 0 Å². The van der Waals surface area contributed by atoms with Crippen LogP contribution in [0.5, 0.6) is 0 Å². The van der Waals surface area contributed by atoms with Crippen molar-refractivity contribution in [2.75, 3.05) is 7.05 Å². The van der Waals surface area contributed by atoms with Crippen molar-refractivity contribution < 1.29 is 4.79 Å². The highest BCUT2D eigenvalue weighted by Crippen LogP contribution is 2.36. The number of nitrogens with zero attached hydrogens (tertiary/aromatic N) is 2. The number of hydrogen-bond acceptors (Lipinski definition) is 3. The summed E-state index contributed by atoms with van der Waals surface area (Å²) in [5.74, 6) is -0.263. The minimum Gasteiger partial charge on any atom is -0.368 e. The molecule has 0 aliphatic heterocycles. The predicted molar refractivity (Wildman–Crippen MR) is 78.2 cm³/mol. The summed E-state index contributed by atoms with van der Waals surface area (Å²) in [7, 11) is 1.81. The van der Waals surface area contributed by atoms with Gasteiger partial charge in [0.05, 0.1) is 23.3 Å². The molecule has 1 amide bonds. The van der Waals surface area contributed by atoms with Crippen molar-refractivity contribution >= 4 is 16.8 Å². The number of nitrogens with two attached hydrogens (primary N) is 1. The van der Waals surface area contributed by atoms with Crippen LogP contribution in [0.2, 0.25) is 0 Å². The van der Waals surface area contributed by atoms with Gasteiger partial charge in [-0.2, -0.15) is 5.10 Å². The number of hydrogen-bond donors (Lipinski definition) is 2. The van der Waals surface area contributed by atoms with Crippen LogP contribution in [0.4, 0.5) is 0 Å². The van der Waals surface area contributed by atoms with Gasteiger partial charge in [-0.3, -0.25) is 9.48 Å². The molecule has 0 bridgehead atoms. The zero-order chi connectivity index (χ0) is 14.2. The largest absolute Gasteiger partial charge is 0.368 e. The molecule has 3 N–H and O–H groups in total. The zero-order valence-corrected chi connectivity index (χ0v) is 11.7. The van der Waals surface area contributed by atoms with Crippen LogP contribution < -0.4 is 11.1 Å². The van der Waals surface area contributed by atoms with E-state index in [1.165, 1.54) is 0 Å². The highest BCUT2D eigenvalue weighted by Gasteiger charge is 2.41. The normalized spacial score (nSPS) is 26.8. The monoisotopic (exact) mass is 272 g/mol. The molecule has 2 unspecified atom stereocenters. The summed E-state index contributed by atoms with van der Waals surface area (Å²) in [4.78, 5) is 11.8. The van der Waals surface area contributed by atoms with Gasteiger partial charge in [0.15, 0.2) is 0 Å². The average Bonchev–Trinajstić information content (AvgIpc) is 2.91. The lowest BCUT2D eigenvalue weighted by Gasteiger charge is -2.38. The second-order valence-electron chi connectivity index (χ2n) is 5.59. The number of amides is 1. The molecule has 3 rings (SSSR count). The molecule has 0 saturated heterocycles. The molecule has 1 aliphatic rings. The maximum absolute atomic E-state index is 11.8. The van der Waals surface area contributed by atoms with E-state index in [2.05, 4.69) is 22.5 Å². The Morgan fingerprint density at radius 2 is 2.30 bits per heavy atom. The molecule has 0 radical (unpaired) electrons. The van der Waals surface area contributed by atoms with Gasteiger partial charge >= 0.3 is 0 Å². The maximum atomic E-state index is 11.8. The molecule has 1 saturated carbocycles. The highest BCUT2D eigenvalue weighted by atomic mass is 16.1. The van der Waals surface area contributed by atoms with Crippen molar-refractivity contribution in [3.8, 4) is 0 Å². The molecule has 1 fully saturated rings. The summed E-state index contributed by atoms with van der Waals surface area (Å²) < 4.78 is 2.05. The third kappa shape index (κ3) is 1.98. The molecule has 2 atom stereocenters. The second kappa shape index (κ2) is 4.90. The first kappa shape index (κ1) is 13.1. The van der Waals surface area contributed by atoms with E-state index in [1.807, 2.05) is 30.1 Å². The Morgan fingerprint density at radius 1 is 1.50 bits per heavy atom. The molecule has 1 aliphatic carbocycles. The zero-order valence-electron chi connectivity index (χ0n) is 11.7. The summed E-state index contributed by atoms with van der Waals surface area (Å²) in [6.45, 7) is 0. The molecule has 2 aromatic rings. The van der Waals surface area contributed by atoms with Crippen molar-refractivity contribution in [3.05, 3.63) is 30.5 Å². The smallest absolute Gasteiger partial charge is 0.237 e. The summed E-state index contributed by atoms with van der Waals surface area (Å²) in [5.41, 5.74) is 6.13. The number of aromatic nitrogens is 2. The van der Waals surface area contributed by atoms with Crippen molar-refractivity contribution in [2.45, 2.75) is 37.3 Å². The van der Waals surface area contributed by atoms with Crippen LogP contribution in [0.3, 0.4) is 0 Å². The van der Waals surface area contributed by atoms with Crippen LogP contribution >= 0.6 is 0 Å².